The molecule has 1 aromatic heterocycles. The maximum absolute atomic E-state index is 6.35. The van der Waals surface area contributed by atoms with Crippen LogP contribution in [0.2, 0.25) is 0 Å². The summed E-state index contributed by atoms with van der Waals surface area (Å²) in [6.07, 6.45) is 5.76. The van der Waals surface area contributed by atoms with Crippen LogP contribution in [0.5, 0.6) is 0 Å². The van der Waals surface area contributed by atoms with Gasteiger partial charge in [0, 0.05) is 10.7 Å². The third kappa shape index (κ3) is 2.58. The summed E-state index contributed by atoms with van der Waals surface area (Å²) in [6, 6.07) is 12.4. The van der Waals surface area contributed by atoms with Gasteiger partial charge in [0.2, 0.25) is 0 Å². The van der Waals surface area contributed by atoms with Crippen molar-refractivity contribution in [2.24, 2.45) is 5.73 Å². The number of halogens is 1. The standard InChI is InChI=1S/C16H17BrN2/c17-14-8-3-9-19-16(14)15(18)13-7-2-6-12(10-13)11-4-1-5-11/h2-3,6-11,15H,1,4-5,18H2. The fraction of sp³-hybridized carbons (Fsp3) is 0.312. The lowest BCUT2D eigenvalue weighted by atomic mass is 9.79. The largest absolute Gasteiger partial charge is 0.319 e. The smallest absolute Gasteiger partial charge is 0.0758 e. The maximum atomic E-state index is 6.35. The van der Waals surface area contributed by atoms with Crippen molar-refractivity contribution in [1.82, 2.24) is 4.98 Å². The molecule has 1 aromatic carbocycles. The number of benzene rings is 1. The van der Waals surface area contributed by atoms with Crippen molar-refractivity contribution in [3.05, 3.63) is 63.9 Å². The molecule has 1 aliphatic carbocycles. The Kier molecular flexibility index (Phi) is 3.67. The number of rotatable bonds is 3. The van der Waals surface area contributed by atoms with Gasteiger partial charge in [0.05, 0.1) is 11.7 Å². The molecular formula is C16H17BrN2. The van der Waals surface area contributed by atoms with Gasteiger partial charge in [0.15, 0.2) is 0 Å². The second-order valence-corrected chi connectivity index (χ2v) is 6.00. The molecule has 1 atom stereocenters. The van der Waals surface area contributed by atoms with Gasteiger partial charge in [-0.3, -0.25) is 4.98 Å². The molecule has 2 nitrogen and oxygen atoms in total. The normalized spacial score (nSPS) is 16.9. The van der Waals surface area contributed by atoms with Crippen LogP contribution in [0.4, 0.5) is 0 Å². The van der Waals surface area contributed by atoms with Crippen molar-refractivity contribution in [2.75, 3.05) is 0 Å². The second-order valence-electron chi connectivity index (χ2n) is 5.15. The topological polar surface area (TPSA) is 38.9 Å². The molecule has 0 saturated heterocycles. The minimum atomic E-state index is -0.171. The summed E-state index contributed by atoms with van der Waals surface area (Å²) in [4.78, 5) is 4.39. The molecule has 1 unspecified atom stereocenters. The average Bonchev–Trinajstić information content (AvgIpc) is 2.37. The molecule has 3 heteroatoms. The summed E-state index contributed by atoms with van der Waals surface area (Å²) < 4.78 is 0.969. The van der Waals surface area contributed by atoms with Crippen molar-refractivity contribution in [1.29, 1.82) is 0 Å². The fourth-order valence-electron chi connectivity index (χ4n) is 2.53. The average molecular weight is 317 g/mol. The SMILES string of the molecule is NC(c1cccc(C2CCC2)c1)c1ncccc1Br. The third-order valence-corrected chi connectivity index (χ3v) is 4.60. The summed E-state index contributed by atoms with van der Waals surface area (Å²) >= 11 is 3.52. The van der Waals surface area contributed by atoms with Gasteiger partial charge in [-0.05, 0) is 57.9 Å². The van der Waals surface area contributed by atoms with Gasteiger partial charge in [0.25, 0.3) is 0 Å². The zero-order valence-corrected chi connectivity index (χ0v) is 12.3. The summed E-state index contributed by atoms with van der Waals surface area (Å²) in [5.74, 6) is 0.735. The molecule has 98 valence electrons. The molecule has 2 aromatic rings. The highest BCUT2D eigenvalue weighted by Gasteiger charge is 2.21. The highest BCUT2D eigenvalue weighted by Crippen LogP contribution is 2.37. The Morgan fingerprint density at radius 2 is 2.05 bits per heavy atom. The maximum Gasteiger partial charge on any atom is 0.0758 e. The summed E-state index contributed by atoms with van der Waals surface area (Å²) in [6.45, 7) is 0. The van der Waals surface area contributed by atoms with Gasteiger partial charge in [-0.2, -0.15) is 0 Å². The summed E-state index contributed by atoms with van der Waals surface area (Å²) in [7, 11) is 0. The van der Waals surface area contributed by atoms with E-state index in [4.69, 9.17) is 5.73 Å². The van der Waals surface area contributed by atoms with E-state index in [1.54, 1.807) is 6.20 Å². The van der Waals surface area contributed by atoms with E-state index in [1.807, 2.05) is 12.1 Å². The van der Waals surface area contributed by atoms with Crippen LogP contribution in [0.25, 0.3) is 0 Å². The lowest BCUT2D eigenvalue weighted by molar-refractivity contribution is 0.419. The molecule has 1 aliphatic rings. The Hall–Kier alpha value is -1.19. The summed E-state index contributed by atoms with van der Waals surface area (Å²) in [5, 5.41) is 0. The van der Waals surface area contributed by atoms with E-state index in [0.717, 1.165) is 21.6 Å². The van der Waals surface area contributed by atoms with Crippen molar-refractivity contribution >= 4 is 15.9 Å². The molecular weight excluding hydrogens is 300 g/mol. The van der Waals surface area contributed by atoms with Crippen LogP contribution < -0.4 is 5.73 Å². The molecule has 0 radical (unpaired) electrons. The van der Waals surface area contributed by atoms with Crippen LogP contribution in [0, 0.1) is 0 Å². The van der Waals surface area contributed by atoms with Gasteiger partial charge >= 0.3 is 0 Å². The minimum absolute atomic E-state index is 0.171. The molecule has 1 saturated carbocycles. The molecule has 0 spiro atoms. The first-order valence-electron chi connectivity index (χ1n) is 6.71. The van der Waals surface area contributed by atoms with E-state index in [9.17, 15) is 0 Å². The Morgan fingerprint density at radius 1 is 1.21 bits per heavy atom. The Morgan fingerprint density at radius 3 is 2.74 bits per heavy atom. The number of aromatic nitrogens is 1. The van der Waals surface area contributed by atoms with Gasteiger partial charge in [-0.15, -0.1) is 0 Å². The molecule has 0 bridgehead atoms. The van der Waals surface area contributed by atoms with Gasteiger partial charge in [-0.25, -0.2) is 0 Å². The molecule has 1 heterocycles. The minimum Gasteiger partial charge on any atom is -0.319 e. The van der Waals surface area contributed by atoms with Gasteiger partial charge < -0.3 is 5.73 Å². The first-order valence-corrected chi connectivity index (χ1v) is 7.51. The number of nitrogens with zero attached hydrogens (tertiary/aromatic N) is 1. The van der Waals surface area contributed by atoms with Crippen LogP contribution in [0.3, 0.4) is 0 Å². The number of hydrogen-bond acceptors (Lipinski definition) is 2. The number of nitrogens with two attached hydrogens (primary N) is 1. The quantitative estimate of drug-likeness (QED) is 0.923. The first kappa shape index (κ1) is 12.8. The van der Waals surface area contributed by atoms with E-state index >= 15 is 0 Å². The van der Waals surface area contributed by atoms with Crippen molar-refractivity contribution in [3.63, 3.8) is 0 Å². The molecule has 2 N–H and O–H groups in total. The predicted molar refractivity (Wildman–Crippen MR) is 81.0 cm³/mol. The van der Waals surface area contributed by atoms with E-state index in [1.165, 1.54) is 24.8 Å². The molecule has 0 amide bonds. The van der Waals surface area contributed by atoms with Crippen molar-refractivity contribution < 1.29 is 0 Å². The van der Waals surface area contributed by atoms with Crippen molar-refractivity contribution in [3.8, 4) is 0 Å². The molecule has 0 aliphatic heterocycles. The van der Waals surface area contributed by atoms with Gasteiger partial charge in [-0.1, -0.05) is 30.7 Å². The lowest BCUT2D eigenvalue weighted by Crippen LogP contribution is -2.15. The Bertz CT molecular complexity index is 578. The summed E-state index contributed by atoms with van der Waals surface area (Å²) in [5.41, 5.74) is 9.81. The second kappa shape index (κ2) is 5.43. The molecule has 19 heavy (non-hydrogen) atoms. The fourth-order valence-corrected chi connectivity index (χ4v) is 3.03. The highest BCUT2D eigenvalue weighted by atomic mass is 79.9. The first-order chi connectivity index (χ1) is 9.25. The van der Waals surface area contributed by atoms with Crippen molar-refractivity contribution in [2.45, 2.75) is 31.2 Å². The van der Waals surface area contributed by atoms with Gasteiger partial charge in [0.1, 0.15) is 0 Å². The van der Waals surface area contributed by atoms with Crippen LogP contribution in [-0.4, -0.2) is 4.98 Å². The van der Waals surface area contributed by atoms with Crippen LogP contribution in [-0.2, 0) is 0 Å². The van der Waals surface area contributed by atoms with E-state index < -0.39 is 0 Å². The Balaban J connectivity index is 1.91. The highest BCUT2D eigenvalue weighted by molar-refractivity contribution is 9.10. The number of hydrogen-bond donors (Lipinski definition) is 1. The van der Waals surface area contributed by atoms with Crippen LogP contribution in [0.15, 0.2) is 47.1 Å². The predicted octanol–water partition coefficient (Wildman–Crippen LogP) is 4.16. The monoisotopic (exact) mass is 316 g/mol. The van der Waals surface area contributed by atoms with E-state index in [-0.39, 0.29) is 6.04 Å². The molecule has 1 fully saturated rings. The van der Waals surface area contributed by atoms with Crippen LogP contribution in [0.1, 0.15) is 48.0 Å². The third-order valence-electron chi connectivity index (χ3n) is 3.93. The number of pyridine rings is 1. The lowest BCUT2D eigenvalue weighted by Gasteiger charge is -2.26. The van der Waals surface area contributed by atoms with E-state index in [0.29, 0.717) is 0 Å². The van der Waals surface area contributed by atoms with Crippen LogP contribution >= 0.6 is 15.9 Å². The zero-order chi connectivity index (χ0) is 13.2. The molecule has 3 rings (SSSR count). The Labute approximate surface area is 122 Å². The van der Waals surface area contributed by atoms with E-state index in [2.05, 4.69) is 45.2 Å². The zero-order valence-electron chi connectivity index (χ0n) is 10.7.